The zero-order valence-electron chi connectivity index (χ0n) is 6.11. The van der Waals surface area contributed by atoms with Crippen LogP contribution in [-0.4, -0.2) is 12.0 Å². The molecule has 0 aromatic carbocycles. The molecule has 60 valence electrons. The first-order valence-corrected chi connectivity index (χ1v) is 3.67. The van der Waals surface area contributed by atoms with Gasteiger partial charge in [0, 0.05) is 18.4 Å². The van der Waals surface area contributed by atoms with Crippen molar-refractivity contribution in [2.75, 3.05) is 0 Å². The molecule has 0 aromatic heterocycles. The van der Waals surface area contributed by atoms with Gasteiger partial charge < -0.3 is 5.73 Å². The topological polar surface area (TPSA) is 26.0 Å². The van der Waals surface area contributed by atoms with Crippen LogP contribution >= 0.6 is 0 Å². The minimum Gasteiger partial charge on any atom is -0.327 e. The van der Waals surface area contributed by atoms with Crippen molar-refractivity contribution in [3.63, 3.8) is 0 Å². The zero-order chi connectivity index (χ0) is 7.78. The highest BCUT2D eigenvalue weighted by Crippen LogP contribution is 2.41. The molecule has 1 aliphatic carbocycles. The van der Waals surface area contributed by atoms with Gasteiger partial charge in [0.25, 0.3) is 5.92 Å². The third kappa shape index (κ3) is 1.29. The predicted molar refractivity (Wildman–Crippen MR) is 35.9 cm³/mol. The van der Waals surface area contributed by atoms with Crippen molar-refractivity contribution in [2.45, 2.75) is 38.2 Å². The van der Waals surface area contributed by atoms with Crippen LogP contribution in [0.1, 0.15) is 26.2 Å². The Hall–Kier alpha value is -0.180. The maximum atomic E-state index is 12.8. The van der Waals surface area contributed by atoms with E-state index in [0.717, 1.165) is 0 Å². The van der Waals surface area contributed by atoms with Gasteiger partial charge in [-0.15, -0.1) is 0 Å². The highest BCUT2D eigenvalue weighted by molar-refractivity contribution is 4.88. The van der Waals surface area contributed by atoms with Crippen LogP contribution in [0.25, 0.3) is 0 Å². The van der Waals surface area contributed by atoms with Crippen LogP contribution in [0.5, 0.6) is 0 Å². The molecule has 1 saturated carbocycles. The third-order valence-electron chi connectivity index (χ3n) is 2.20. The summed E-state index contributed by atoms with van der Waals surface area (Å²) in [7, 11) is 0. The van der Waals surface area contributed by atoms with Crippen LogP contribution in [0.4, 0.5) is 8.78 Å². The maximum absolute atomic E-state index is 12.8. The van der Waals surface area contributed by atoms with Gasteiger partial charge in [-0.1, -0.05) is 0 Å². The van der Waals surface area contributed by atoms with Crippen molar-refractivity contribution >= 4 is 0 Å². The largest absolute Gasteiger partial charge is 0.327 e. The first kappa shape index (κ1) is 7.92. The Morgan fingerprint density at radius 1 is 1.60 bits per heavy atom. The van der Waals surface area contributed by atoms with Gasteiger partial charge in [0.15, 0.2) is 0 Å². The van der Waals surface area contributed by atoms with E-state index in [9.17, 15) is 8.78 Å². The molecule has 0 saturated heterocycles. The van der Waals surface area contributed by atoms with E-state index in [-0.39, 0.29) is 12.5 Å². The summed E-state index contributed by atoms with van der Waals surface area (Å²) in [5, 5.41) is 0. The van der Waals surface area contributed by atoms with Crippen LogP contribution in [-0.2, 0) is 0 Å². The molecule has 2 atom stereocenters. The molecule has 10 heavy (non-hydrogen) atoms. The van der Waals surface area contributed by atoms with E-state index in [1.807, 2.05) is 0 Å². The normalized spacial score (nSPS) is 34.2. The second kappa shape index (κ2) is 2.46. The maximum Gasteiger partial charge on any atom is 0.252 e. The molecule has 0 radical (unpaired) electrons. The minimum atomic E-state index is -2.49. The SMILES string of the molecule is C[C@@H](N)C1CCCC1(F)F. The summed E-state index contributed by atoms with van der Waals surface area (Å²) >= 11 is 0. The summed E-state index contributed by atoms with van der Waals surface area (Å²) in [6.45, 7) is 1.66. The van der Waals surface area contributed by atoms with Crippen LogP contribution in [0, 0.1) is 5.92 Å². The number of rotatable bonds is 1. The molecule has 0 spiro atoms. The fourth-order valence-corrected chi connectivity index (χ4v) is 1.60. The molecule has 2 N–H and O–H groups in total. The lowest BCUT2D eigenvalue weighted by Crippen LogP contribution is -2.36. The quantitative estimate of drug-likeness (QED) is 0.604. The third-order valence-corrected chi connectivity index (χ3v) is 2.20. The average Bonchev–Trinajstić information content (AvgIpc) is 2.08. The van der Waals surface area contributed by atoms with E-state index >= 15 is 0 Å². The lowest BCUT2D eigenvalue weighted by molar-refractivity contribution is -0.0432. The molecule has 1 fully saturated rings. The number of hydrogen-bond acceptors (Lipinski definition) is 1. The standard InChI is InChI=1S/C7H13F2N/c1-5(10)6-3-2-4-7(6,8)9/h5-6H,2-4,10H2,1H3/t5-,6?/m1/s1. The summed E-state index contributed by atoms with van der Waals surface area (Å²) in [5.74, 6) is -3.07. The molecule has 1 rings (SSSR count). The lowest BCUT2D eigenvalue weighted by atomic mass is 9.98. The van der Waals surface area contributed by atoms with Crippen LogP contribution in [0.3, 0.4) is 0 Å². The summed E-state index contributed by atoms with van der Waals surface area (Å²) < 4.78 is 25.6. The fourth-order valence-electron chi connectivity index (χ4n) is 1.60. The van der Waals surface area contributed by atoms with Crippen molar-refractivity contribution < 1.29 is 8.78 Å². The van der Waals surface area contributed by atoms with E-state index in [1.165, 1.54) is 0 Å². The first-order chi connectivity index (χ1) is 4.54. The van der Waals surface area contributed by atoms with Crippen LogP contribution in [0.2, 0.25) is 0 Å². The Bertz CT molecular complexity index is 123. The molecule has 0 aromatic rings. The molecule has 1 nitrogen and oxygen atoms in total. The van der Waals surface area contributed by atoms with E-state index < -0.39 is 11.8 Å². The highest BCUT2D eigenvalue weighted by atomic mass is 19.3. The summed E-state index contributed by atoms with van der Waals surface area (Å²) in [6.07, 6.45) is 1.24. The van der Waals surface area contributed by atoms with Gasteiger partial charge in [0.2, 0.25) is 0 Å². The molecular weight excluding hydrogens is 136 g/mol. The molecular formula is C7H13F2N. The number of nitrogens with two attached hydrogens (primary N) is 1. The number of alkyl halides is 2. The Morgan fingerprint density at radius 2 is 2.20 bits per heavy atom. The minimum absolute atomic E-state index is 0.0270. The molecule has 1 aliphatic rings. The van der Waals surface area contributed by atoms with Crippen LogP contribution < -0.4 is 5.73 Å². The van der Waals surface area contributed by atoms with Crippen molar-refractivity contribution in [1.29, 1.82) is 0 Å². The highest BCUT2D eigenvalue weighted by Gasteiger charge is 2.45. The van der Waals surface area contributed by atoms with Crippen molar-refractivity contribution in [1.82, 2.24) is 0 Å². The smallest absolute Gasteiger partial charge is 0.252 e. The number of hydrogen-bond donors (Lipinski definition) is 1. The Labute approximate surface area is 59.6 Å². The van der Waals surface area contributed by atoms with Crippen molar-refractivity contribution in [2.24, 2.45) is 11.7 Å². The monoisotopic (exact) mass is 149 g/mol. The van der Waals surface area contributed by atoms with Gasteiger partial charge >= 0.3 is 0 Å². The summed E-state index contributed by atoms with van der Waals surface area (Å²) in [4.78, 5) is 0. The van der Waals surface area contributed by atoms with Gasteiger partial charge in [0.1, 0.15) is 0 Å². The molecule has 3 heteroatoms. The summed E-state index contributed by atoms with van der Waals surface area (Å²) in [5.41, 5.74) is 5.39. The second-order valence-corrected chi connectivity index (χ2v) is 3.12. The van der Waals surface area contributed by atoms with Gasteiger partial charge in [-0.25, -0.2) is 8.78 Å². The van der Waals surface area contributed by atoms with Gasteiger partial charge in [-0.3, -0.25) is 0 Å². The van der Waals surface area contributed by atoms with Gasteiger partial charge in [0.05, 0.1) is 0 Å². The predicted octanol–water partition coefficient (Wildman–Crippen LogP) is 1.77. The zero-order valence-corrected chi connectivity index (χ0v) is 6.11. The van der Waals surface area contributed by atoms with Crippen molar-refractivity contribution in [3.8, 4) is 0 Å². The van der Waals surface area contributed by atoms with E-state index in [4.69, 9.17) is 5.73 Å². The van der Waals surface area contributed by atoms with Gasteiger partial charge in [-0.2, -0.15) is 0 Å². The van der Waals surface area contributed by atoms with Crippen molar-refractivity contribution in [3.05, 3.63) is 0 Å². The Balaban J connectivity index is 2.59. The van der Waals surface area contributed by atoms with Crippen LogP contribution in [0.15, 0.2) is 0 Å². The van der Waals surface area contributed by atoms with E-state index in [1.54, 1.807) is 6.92 Å². The Morgan fingerprint density at radius 3 is 2.40 bits per heavy atom. The lowest BCUT2D eigenvalue weighted by Gasteiger charge is -2.21. The molecule has 1 unspecified atom stereocenters. The molecule has 0 amide bonds. The first-order valence-electron chi connectivity index (χ1n) is 3.67. The second-order valence-electron chi connectivity index (χ2n) is 3.12. The fraction of sp³-hybridized carbons (Fsp3) is 1.00. The average molecular weight is 149 g/mol. The molecule has 0 bridgehead atoms. The Kier molecular flexibility index (Phi) is 1.95. The summed E-state index contributed by atoms with van der Waals surface area (Å²) in [6, 6.07) is -0.363. The molecule has 0 heterocycles. The van der Waals surface area contributed by atoms with E-state index in [0.29, 0.717) is 12.8 Å². The molecule has 0 aliphatic heterocycles. The van der Waals surface area contributed by atoms with Gasteiger partial charge in [-0.05, 0) is 19.8 Å². The number of halogens is 2. The van der Waals surface area contributed by atoms with E-state index in [2.05, 4.69) is 0 Å².